The largest absolute Gasteiger partial charge is 0.477 e. The van der Waals surface area contributed by atoms with Crippen LogP contribution >= 0.6 is 11.8 Å². The number of fused-ring (bicyclic) bond motifs is 1. The van der Waals surface area contributed by atoms with Gasteiger partial charge in [-0.15, -0.1) is 11.8 Å². The number of carboxylic acid groups (broad SMARTS) is 1. The molecular formula is C10H14N2O3S. The van der Waals surface area contributed by atoms with E-state index in [2.05, 4.69) is 0 Å². The second-order valence-electron chi connectivity index (χ2n) is 3.95. The molecule has 1 fully saturated rings. The van der Waals surface area contributed by atoms with Crippen molar-refractivity contribution in [1.29, 1.82) is 0 Å². The Bertz CT molecular complexity index is 380. The molecule has 1 amide bonds. The number of thioether (sulfide) groups is 1. The molecule has 0 saturated carbocycles. The van der Waals surface area contributed by atoms with Crippen LogP contribution in [-0.2, 0) is 9.59 Å². The maximum atomic E-state index is 11.3. The quantitative estimate of drug-likeness (QED) is 0.709. The van der Waals surface area contributed by atoms with Crippen molar-refractivity contribution in [2.24, 2.45) is 5.73 Å². The molecule has 2 heterocycles. The molecule has 2 aliphatic rings. The van der Waals surface area contributed by atoms with E-state index in [0.29, 0.717) is 11.3 Å². The molecule has 5 nitrogen and oxygen atoms in total. The lowest BCUT2D eigenvalue weighted by Gasteiger charge is -2.33. The van der Waals surface area contributed by atoms with Gasteiger partial charge in [0, 0.05) is 10.9 Å². The Hall–Kier alpha value is -1.01. The highest BCUT2D eigenvalue weighted by Gasteiger charge is 2.49. The number of β-lactam (4-membered cyclic amide) rings is 1. The van der Waals surface area contributed by atoms with E-state index in [1.807, 2.05) is 6.92 Å². The molecule has 0 spiro atoms. The first-order valence-electron chi connectivity index (χ1n) is 5.28. The summed E-state index contributed by atoms with van der Waals surface area (Å²) in [4.78, 5) is 24.5. The Labute approximate surface area is 97.7 Å². The Morgan fingerprint density at radius 2 is 2.44 bits per heavy atom. The van der Waals surface area contributed by atoms with E-state index in [-0.39, 0.29) is 23.0 Å². The fraction of sp³-hybridized carbons (Fsp3) is 0.600. The SMILES string of the molecule is CCCC(N)C1=C(C(=O)O)N2C(=O)C[C@H]2S1. The number of carbonyl (C=O) groups excluding carboxylic acids is 1. The lowest BCUT2D eigenvalue weighted by Crippen LogP contribution is -2.48. The fourth-order valence-electron chi connectivity index (χ4n) is 1.98. The molecule has 0 aromatic carbocycles. The van der Waals surface area contributed by atoms with Crippen LogP contribution in [0.4, 0.5) is 0 Å². The third kappa shape index (κ3) is 1.62. The minimum absolute atomic E-state index is 0.0310. The van der Waals surface area contributed by atoms with Gasteiger partial charge < -0.3 is 10.8 Å². The average Bonchev–Trinajstić information content (AvgIpc) is 2.51. The van der Waals surface area contributed by atoms with Crippen molar-refractivity contribution in [2.75, 3.05) is 0 Å². The smallest absolute Gasteiger partial charge is 0.353 e. The molecule has 3 N–H and O–H groups in total. The van der Waals surface area contributed by atoms with Crippen LogP contribution in [0.3, 0.4) is 0 Å². The molecule has 6 heteroatoms. The highest BCUT2D eigenvalue weighted by molar-refractivity contribution is 8.04. The van der Waals surface area contributed by atoms with Crippen LogP contribution in [0.25, 0.3) is 0 Å². The summed E-state index contributed by atoms with van der Waals surface area (Å²) < 4.78 is 0. The van der Waals surface area contributed by atoms with E-state index < -0.39 is 5.97 Å². The third-order valence-electron chi connectivity index (χ3n) is 2.78. The zero-order chi connectivity index (χ0) is 11.9. The molecule has 0 bridgehead atoms. The van der Waals surface area contributed by atoms with E-state index >= 15 is 0 Å². The summed E-state index contributed by atoms with van der Waals surface area (Å²) >= 11 is 1.43. The lowest BCUT2D eigenvalue weighted by molar-refractivity contribution is -0.145. The second kappa shape index (κ2) is 4.10. The van der Waals surface area contributed by atoms with Crippen LogP contribution in [0, 0.1) is 0 Å². The molecule has 88 valence electrons. The molecule has 0 aliphatic carbocycles. The summed E-state index contributed by atoms with van der Waals surface area (Å²) in [6.07, 6.45) is 2.06. The van der Waals surface area contributed by atoms with Crippen molar-refractivity contribution in [3.05, 3.63) is 10.6 Å². The molecule has 16 heavy (non-hydrogen) atoms. The van der Waals surface area contributed by atoms with E-state index in [1.54, 1.807) is 0 Å². The Morgan fingerprint density at radius 1 is 1.75 bits per heavy atom. The van der Waals surface area contributed by atoms with Gasteiger partial charge in [0.15, 0.2) is 0 Å². The first-order valence-corrected chi connectivity index (χ1v) is 6.16. The molecule has 0 aromatic rings. The van der Waals surface area contributed by atoms with Crippen molar-refractivity contribution in [3.63, 3.8) is 0 Å². The van der Waals surface area contributed by atoms with Gasteiger partial charge in [0.05, 0.1) is 11.8 Å². The van der Waals surface area contributed by atoms with Gasteiger partial charge in [-0.05, 0) is 6.42 Å². The van der Waals surface area contributed by atoms with Gasteiger partial charge in [0.1, 0.15) is 5.70 Å². The molecular weight excluding hydrogens is 228 g/mol. The van der Waals surface area contributed by atoms with Gasteiger partial charge >= 0.3 is 5.97 Å². The van der Waals surface area contributed by atoms with Crippen LogP contribution in [0.5, 0.6) is 0 Å². The predicted octanol–water partition coefficient (Wildman–Crippen LogP) is 0.715. The van der Waals surface area contributed by atoms with E-state index in [4.69, 9.17) is 10.8 Å². The summed E-state index contributed by atoms with van der Waals surface area (Å²) in [6.45, 7) is 2.00. The number of carboxylic acids is 1. The molecule has 1 saturated heterocycles. The Balaban J connectivity index is 2.28. The van der Waals surface area contributed by atoms with Crippen LogP contribution < -0.4 is 5.73 Å². The summed E-state index contributed by atoms with van der Waals surface area (Å²) in [7, 11) is 0. The summed E-state index contributed by atoms with van der Waals surface area (Å²) in [5, 5.41) is 9.09. The van der Waals surface area contributed by atoms with Crippen LogP contribution in [-0.4, -0.2) is 33.3 Å². The van der Waals surface area contributed by atoms with Crippen molar-refractivity contribution in [1.82, 2.24) is 4.90 Å². The fourth-order valence-corrected chi connectivity index (χ4v) is 3.42. The van der Waals surface area contributed by atoms with E-state index in [0.717, 1.165) is 12.8 Å². The summed E-state index contributed by atoms with van der Waals surface area (Å²) in [6, 6.07) is -0.264. The molecule has 2 aliphatic heterocycles. The van der Waals surface area contributed by atoms with Crippen molar-refractivity contribution in [2.45, 2.75) is 37.6 Å². The first kappa shape index (κ1) is 11.5. The van der Waals surface area contributed by atoms with Crippen molar-refractivity contribution in [3.8, 4) is 0 Å². The average molecular weight is 242 g/mol. The maximum absolute atomic E-state index is 11.3. The number of nitrogens with zero attached hydrogens (tertiary/aromatic N) is 1. The number of amides is 1. The van der Waals surface area contributed by atoms with Gasteiger partial charge in [0.2, 0.25) is 5.91 Å². The molecule has 0 radical (unpaired) electrons. The van der Waals surface area contributed by atoms with Gasteiger partial charge in [-0.3, -0.25) is 9.69 Å². The van der Waals surface area contributed by atoms with Gasteiger partial charge in [-0.2, -0.15) is 0 Å². The number of hydrogen-bond acceptors (Lipinski definition) is 4. The second-order valence-corrected chi connectivity index (χ2v) is 5.17. The Morgan fingerprint density at radius 3 is 2.94 bits per heavy atom. The standard InChI is InChI=1S/C10H14N2O3S/c1-2-3-5(11)9-8(10(14)15)12-6(13)4-7(12)16-9/h5,7H,2-4,11H2,1H3,(H,14,15)/t5?,7-/m1/s1. The number of rotatable bonds is 4. The monoisotopic (exact) mass is 242 g/mol. The maximum Gasteiger partial charge on any atom is 0.353 e. The normalized spacial score (nSPS) is 25.5. The van der Waals surface area contributed by atoms with Gasteiger partial charge in [-0.25, -0.2) is 4.79 Å². The van der Waals surface area contributed by atoms with E-state index in [1.165, 1.54) is 16.7 Å². The zero-order valence-electron chi connectivity index (χ0n) is 8.97. The summed E-state index contributed by atoms with van der Waals surface area (Å²) in [5.41, 5.74) is 6.04. The van der Waals surface area contributed by atoms with Crippen molar-refractivity contribution < 1.29 is 14.7 Å². The van der Waals surface area contributed by atoms with Gasteiger partial charge in [-0.1, -0.05) is 13.3 Å². The number of hydrogen-bond donors (Lipinski definition) is 2. The zero-order valence-corrected chi connectivity index (χ0v) is 9.79. The molecule has 2 atom stereocenters. The van der Waals surface area contributed by atoms with Crippen LogP contribution in [0.1, 0.15) is 26.2 Å². The Kier molecular flexibility index (Phi) is 2.94. The number of carbonyl (C=O) groups is 2. The van der Waals surface area contributed by atoms with E-state index in [9.17, 15) is 9.59 Å². The third-order valence-corrected chi connectivity index (χ3v) is 4.18. The molecule has 2 rings (SSSR count). The lowest BCUT2D eigenvalue weighted by atomic mass is 10.1. The number of nitrogens with two attached hydrogens (primary N) is 1. The highest BCUT2D eigenvalue weighted by atomic mass is 32.2. The first-order chi connectivity index (χ1) is 7.56. The highest BCUT2D eigenvalue weighted by Crippen LogP contribution is 2.47. The minimum atomic E-state index is -1.05. The minimum Gasteiger partial charge on any atom is -0.477 e. The molecule has 1 unspecified atom stereocenters. The molecule has 0 aromatic heterocycles. The van der Waals surface area contributed by atoms with Crippen LogP contribution in [0.2, 0.25) is 0 Å². The topological polar surface area (TPSA) is 83.6 Å². The summed E-state index contributed by atoms with van der Waals surface area (Å²) in [5.74, 6) is -1.17. The van der Waals surface area contributed by atoms with Crippen molar-refractivity contribution >= 4 is 23.6 Å². The van der Waals surface area contributed by atoms with Crippen LogP contribution in [0.15, 0.2) is 10.6 Å². The predicted molar refractivity (Wildman–Crippen MR) is 60.4 cm³/mol. The van der Waals surface area contributed by atoms with Gasteiger partial charge in [0.25, 0.3) is 0 Å². The number of aliphatic carboxylic acids is 1.